The quantitative estimate of drug-likeness (QED) is 0.369. The number of amides is 2. The lowest BCUT2D eigenvalue weighted by Gasteiger charge is -2.25. The smallest absolute Gasteiger partial charge is 0.431 e. The van der Waals surface area contributed by atoms with E-state index < -0.39 is 53.9 Å². The summed E-state index contributed by atoms with van der Waals surface area (Å²) in [5.41, 5.74) is -1.22. The molecule has 38 heavy (non-hydrogen) atoms. The Hall–Kier alpha value is -4.02. The number of para-hydroxylation sites is 1. The zero-order chi connectivity index (χ0) is 28.1. The number of benzene rings is 2. The molecule has 3 aromatic rings. The Balaban J connectivity index is 1.96. The second kappa shape index (κ2) is 11.6. The lowest BCUT2D eigenvalue weighted by molar-refractivity contribution is -0.145. The van der Waals surface area contributed by atoms with E-state index in [-0.39, 0.29) is 22.9 Å². The number of esters is 1. The number of hydrogen-bond acceptors (Lipinski definition) is 5. The minimum atomic E-state index is -4.75. The van der Waals surface area contributed by atoms with Gasteiger partial charge in [0, 0.05) is 23.7 Å². The van der Waals surface area contributed by atoms with Gasteiger partial charge in [0.15, 0.2) is 0 Å². The van der Waals surface area contributed by atoms with Crippen LogP contribution in [0.4, 0.5) is 18.0 Å². The SMILES string of the molecule is COC(=O)[C@H](Cc1ccccc1)NC(=O)[C@H](Cc1c(C(F)(F)F)[nH]c2ccccc12)NC(=O)OC(C)(C)C. The number of carbonyl (C=O) groups excluding carboxylic acids is 3. The van der Waals surface area contributed by atoms with Crippen molar-refractivity contribution in [3.05, 3.63) is 71.4 Å². The molecule has 2 atom stereocenters. The fourth-order valence-corrected chi connectivity index (χ4v) is 3.97. The van der Waals surface area contributed by atoms with Crippen LogP contribution in [0.1, 0.15) is 37.6 Å². The number of carbonyl (C=O) groups is 3. The standard InChI is InChI=1S/C27H30F3N3O5/c1-26(2,3)38-25(36)33-20(15-18-17-12-8-9-13-19(17)31-22(18)27(28,29)30)23(34)32-21(24(35)37-4)14-16-10-6-5-7-11-16/h5-13,20-21,31H,14-15H2,1-4H3,(H,32,34)(H,33,36)/t20-,21-/m0/s1. The first-order valence-corrected chi connectivity index (χ1v) is 11.9. The van der Waals surface area contributed by atoms with Gasteiger partial charge in [-0.3, -0.25) is 4.79 Å². The van der Waals surface area contributed by atoms with E-state index in [1.165, 1.54) is 12.1 Å². The number of aromatic amines is 1. The maximum Gasteiger partial charge on any atom is 0.431 e. The van der Waals surface area contributed by atoms with Crippen molar-refractivity contribution in [3.63, 3.8) is 0 Å². The predicted molar refractivity (Wildman–Crippen MR) is 134 cm³/mol. The second-order valence-corrected chi connectivity index (χ2v) is 9.70. The molecule has 0 radical (unpaired) electrons. The number of alkyl halides is 3. The van der Waals surface area contributed by atoms with E-state index >= 15 is 0 Å². The van der Waals surface area contributed by atoms with Crippen molar-refractivity contribution in [2.24, 2.45) is 0 Å². The first kappa shape index (κ1) is 28.5. The molecule has 11 heteroatoms. The van der Waals surface area contributed by atoms with Gasteiger partial charge in [-0.2, -0.15) is 13.2 Å². The molecule has 0 unspecified atom stereocenters. The zero-order valence-electron chi connectivity index (χ0n) is 21.4. The van der Waals surface area contributed by atoms with Gasteiger partial charge < -0.3 is 25.1 Å². The molecule has 0 spiro atoms. The van der Waals surface area contributed by atoms with Crippen molar-refractivity contribution < 1.29 is 37.0 Å². The molecule has 8 nitrogen and oxygen atoms in total. The fraction of sp³-hybridized carbons (Fsp3) is 0.370. The molecule has 204 valence electrons. The summed E-state index contributed by atoms with van der Waals surface area (Å²) >= 11 is 0. The Morgan fingerprint density at radius 1 is 0.895 bits per heavy atom. The summed E-state index contributed by atoms with van der Waals surface area (Å²) in [6.07, 6.45) is -6.20. The first-order valence-electron chi connectivity index (χ1n) is 11.9. The highest BCUT2D eigenvalue weighted by molar-refractivity contribution is 5.91. The summed E-state index contributed by atoms with van der Waals surface area (Å²) in [7, 11) is 1.16. The van der Waals surface area contributed by atoms with Crippen molar-refractivity contribution in [2.45, 2.75) is 57.5 Å². The Labute approximate surface area is 217 Å². The molecule has 0 aliphatic carbocycles. The number of H-pyrrole nitrogens is 1. The topological polar surface area (TPSA) is 110 Å². The van der Waals surface area contributed by atoms with Crippen LogP contribution in [-0.4, -0.2) is 47.7 Å². The normalized spacial score (nSPS) is 13.4. The monoisotopic (exact) mass is 533 g/mol. The largest absolute Gasteiger partial charge is 0.467 e. The van der Waals surface area contributed by atoms with E-state index in [1.807, 2.05) is 0 Å². The molecule has 0 bridgehead atoms. The molecular weight excluding hydrogens is 503 g/mol. The Morgan fingerprint density at radius 3 is 2.13 bits per heavy atom. The highest BCUT2D eigenvalue weighted by Gasteiger charge is 2.38. The van der Waals surface area contributed by atoms with Gasteiger partial charge in [-0.15, -0.1) is 0 Å². The van der Waals surface area contributed by atoms with Crippen molar-refractivity contribution >= 4 is 28.9 Å². The minimum absolute atomic E-state index is 0.0687. The first-order chi connectivity index (χ1) is 17.8. The van der Waals surface area contributed by atoms with Crippen LogP contribution in [-0.2, 0) is 38.1 Å². The molecule has 1 aromatic heterocycles. The average Bonchev–Trinajstić information content (AvgIpc) is 3.21. The molecule has 2 aromatic carbocycles. The van der Waals surface area contributed by atoms with Gasteiger partial charge in [0.1, 0.15) is 23.4 Å². The number of fused-ring (bicyclic) bond motifs is 1. The summed E-state index contributed by atoms with van der Waals surface area (Å²) in [6, 6.07) is 12.3. The molecule has 1 heterocycles. The van der Waals surface area contributed by atoms with Crippen molar-refractivity contribution in [1.29, 1.82) is 0 Å². The number of halogens is 3. The number of rotatable bonds is 8. The van der Waals surface area contributed by atoms with Gasteiger partial charge in [0.25, 0.3) is 0 Å². The number of methoxy groups -OCH3 is 1. The zero-order valence-corrected chi connectivity index (χ0v) is 21.4. The molecule has 3 rings (SSSR count). The van der Waals surface area contributed by atoms with Gasteiger partial charge in [-0.05, 0) is 38.0 Å². The number of aromatic nitrogens is 1. The maximum atomic E-state index is 13.9. The van der Waals surface area contributed by atoms with Crippen LogP contribution >= 0.6 is 0 Å². The van der Waals surface area contributed by atoms with Crippen molar-refractivity contribution in [3.8, 4) is 0 Å². The minimum Gasteiger partial charge on any atom is -0.467 e. The van der Waals surface area contributed by atoms with Gasteiger partial charge in [-0.1, -0.05) is 48.5 Å². The third-order valence-electron chi connectivity index (χ3n) is 5.60. The molecular formula is C27H30F3N3O5. The van der Waals surface area contributed by atoms with Crippen LogP contribution in [0.15, 0.2) is 54.6 Å². The number of nitrogens with one attached hydrogen (secondary N) is 3. The highest BCUT2D eigenvalue weighted by Crippen LogP contribution is 2.36. The molecule has 0 aliphatic heterocycles. The van der Waals surface area contributed by atoms with Crippen LogP contribution in [0.25, 0.3) is 10.9 Å². The average molecular weight is 534 g/mol. The summed E-state index contributed by atoms with van der Waals surface area (Å²) in [5.74, 6) is -1.62. The van der Waals surface area contributed by atoms with Gasteiger partial charge in [0.2, 0.25) is 5.91 Å². The number of alkyl carbamates (subject to hydrolysis) is 1. The molecule has 0 aliphatic rings. The Kier molecular flexibility index (Phi) is 8.70. The molecule has 0 saturated heterocycles. The van der Waals surface area contributed by atoms with E-state index in [2.05, 4.69) is 15.6 Å². The van der Waals surface area contributed by atoms with Crippen LogP contribution in [0.2, 0.25) is 0 Å². The summed E-state index contributed by atoms with van der Waals surface area (Å²) in [5, 5.41) is 5.15. The lowest BCUT2D eigenvalue weighted by atomic mass is 10.00. The lowest BCUT2D eigenvalue weighted by Crippen LogP contribution is -2.54. The van der Waals surface area contributed by atoms with Crippen LogP contribution < -0.4 is 10.6 Å². The predicted octanol–water partition coefficient (Wildman–Crippen LogP) is 4.52. The molecule has 0 fully saturated rings. The van der Waals surface area contributed by atoms with E-state index in [4.69, 9.17) is 9.47 Å². The summed E-state index contributed by atoms with van der Waals surface area (Å²) in [4.78, 5) is 40.8. The summed E-state index contributed by atoms with van der Waals surface area (Å²) in [6.45, 7) is 4.82. The van der Waals surface area contributed by atoms with Crippen LogP contribution in [0, 0.1) is 0 Å². The van der Waals surface area contributed by atoms with Gasteiger partial charge in [0.05, 0.1) is 7.11 Å². The van der Waals surface area contributed by atoms with E-state index in [9.17, 15) is 27.6 Å². The van der Waals surface area contributed by atoms with Crippen LogP contribution in [0.3, 0.4) is 0 Å². The Bertz CT molecular complexity index is 1280. The maximum absolute atomic E-state index is 13.9. The van der Waals surface area contributed by atoms with Crippen molar-refractivity contribution in [2.75, 3.05) is 7.11 Å². The van der Waals surface area contributed by atoms with Crippen LogP contribution in [0.5, 0.6) is 0 Å². The number of ether oxygens (including phenoxy) is 2. The molecule has 2 amide bonds. The Morgan fingerprint density at radius 2 is 1.53 bits per heavy atom. The number of hydrogen-bond donors (Lipinski definition) is 3. The second-order valence-electron chi connectivity index (χ2n) is 9.70. The van der Waals surface area contributed by atoms with Gasteiger partial charge >= 0.3 is 18.2 Å². The third kappa shape index (κ3) is 7.50. The highest BCUT2D eigenvalue weighted by atomic mass is 19.4. The summed E-state index contributed by atoms with van der Waals surface area (Å²) < 4.78 is 51.8. The molecule has 0 saturated carbocycles. The van der Waals surface area contributed by atoms with Gasteiger partial charge in [-0.25, -0.2) is 9.59 Å². The van der Waals surface area contributed by atoms with E-state index in [1.54, 1.807) is 63.2 Å². The third-order valence-corrected chi connectivity index (χ3v) is 5.60. The van der Waals surface area contributed by atoms with Crippen molar-refractivity contribution in [1.82, 2.24) is 15.6 Å². The van der Waals surface area contributed by atoms with E-state index in [0.29, 0.717) is 0 Å². The molecule has 3 N–H and O–H groups in total. The van der Waals surface area contributed by atoms with E-state index in [0.717, 1.165) is 12.7 Å². The fourth-order valence-electron chi connectivity index (χ4n) is 3.97.